The van der Waals surface area contributed by atoms with Gasteiger partial charge in [0.15, 0.2) is 0 Å². The van der Waals surface area contributed by atoms with Gasteiger partial charge in [-0.1, -0.05) is 79.6 Å². The van der Waals surface area contributed by atoms with E-state index in [0.29, 0.717) is 5.92 Å². The molecule has 0 unspecified atom stereocenters. The fourth-order valence-electron chi connectivity index (χ4n) is 4.15. The molecular formula is C22H24S. The Bertz CT molecular complexity index is 659. The predicted molar refractivity (Wildman–Crippen MR) is 101 cm³/mol. The fraction of sp³-hybridized carbons (Fsp3) is 0.364. The van der Waals surface area contributed by atoms with Crippen molar-refractivity contribution < 1.29 is 0 Å². The second kappa shape index (κ2) is 6.97. The quantitative estimate of drug-likeness (QED) is 0.649. The highest BCUT2D eigenvalue weighted by atomic mass is 32.2. The summed E-state index contributed by atoms with van der Waals surface area (Å²) in [6, 6.07) is 22.0. The first-order valence-corrected chi connectivity index (χ1v) is 9.76. The Morgan fingerprint density at radius 3 is 2.30 bits per heavy atom. The van der Waals surface area contributed by atoms with Crippen LogP contribution in [-0.2, 0) is 6.42 Å². The minimum atomic E-state index is 0.694. The maximum absolute atomic E-state index is 2.58. The molecule has 0 bridgehead atoms. The molecule has 0 spiro atoms. The summed E-state index contributed by atoms with van der Waals surface area (Å²) in [5.74, 6) is 1.56. The van der Waals surface area contributed by atoms with Crippen molar-refractivity contribution in [2.75, 3.05) is 0 Å². The number of rotatable bonds is 3. The highest BCUT2D eigenvalue weighted by molar-refractivity contribution is 8.08. The third-order valence-electron chi connectivity index (χ3n) is 5.32. The van der Waals surface area contributed by atoms with E-state index in [1.807, 2.05) is 0 Å². The molecule has 3 atom stereocenters. The van der Waals surface area contributed by atoms with Crippen LogP contribution in [0.5, 0.6) is 0 Å². The lowest BCUT2D eigenvalue weighted by atomic mass is 9.76. The number of thioether (sulfide) groups is 1. The van der Waals surface area contributed by atoms with E-state index in [0.717, 1.165) is 11.2 Å². The van der Waals surface area contributed by atoms with Crippen molar-refractivity contribution in [2.24, 2.45) is 11.8 Å². The van der Waals surface area contributed by atoms with Crippen LogP contribution in [0.2, 0.25) is 0 Å². The van der Waals surface area contributed by atoms with Crippen LogP contribution in [0.25, 0.3) is 4.91 Å². The van der Waals surface area contributed by atoms with Crippen LogP contribution in [0.3, 0.4) is 0 Å². The number of benzene rings is 2. The minimum Gasteiger partial charge on any atom is -0.122 e. The second-order valence-corrected chi connectivity index (χ2v) is 8.14. The highest BCUT2D eigenvalue weighted by Gasteiger charge is 2.35. The molecule has 0 saturated heterocycles. The van der Waals surface area contributed by atoms with Crippen LogP contribution >= 0.6 is 11.8 Å². The van der Waals surface area contributed by atoms with Crippen LogP contribution in [-0.4, -0.2) is 5.25 Å². The van der Waals surface area contributed by atoms with Crippen molar-refractivity contribution in [3.63, 3.8) is 0 Å². The van der Waals surface area contributed by atoms with E-state index in [-0.39, 0.29) is 0 Å². The minimum absolute atomic E-state index is 0.694. The molecule has 0 radical (unpaired) electrons. The number of fused-ring (bicyclic) bond motifs is 1. The molecule has 1 saturated carbocycles. The van der Waals surface area contributed by atoms with Gasteiger partial charge in [-0.05, 0) is 42.2 Å². The second-order valence-electron chi connectivity index (χ2n) is 6.86. The molecular weight excluding hydrogens is 296 g/mol. The van der Waals surface area contributed by atoms with E-state index in [1.54, 1.807) is 0 Å². The van der Waals surface area contributed by atoms with Gasteiger partial charge in [-0.25, -0.2) is 0 Å². The Morgan fingerprint density at radius 2 is 1.52 bits per heavy atom. The maximum atomic E-state index is 2.58. The SMILES string of the molecule is C1=C(c2ccccc2)S[C@@H]2CCCC[C@@H]2[C@@H]1Cc1ccccc1. The average molecular weight is 321 g/mol. The molecule has 0 aromatic heterocycles. The van der Waals surface area contributed by atoms with Crippen molar-refractivity contribution in [3.8, 4) is 0 Å². The van der Waals surface area contributed by atoms with Gasteiger partial charge in [0.1, 0.15) is 0 Å². The summed E-state index contributed by atoms with van der Waals surface area (Å²) in [7, 11) is 0. The fourth-order valence-corrected chi connectivity index (χ4v) is 5.79. The van der Waals surface area contributed by atoms with E-state index in [2.05, 4.69) is 78.5 Å². The lowest BCUT2D eigenvalue weighted by molar-refractivity contribution is 0.293. The van der Waals surface area contributed by atoms with E-state index >= 15 is 0 Å². The van der Waals surface area contributed by atoms with Crippen molar-refractivity contribution in [1.29, 1.82) is 0 Å². The van der Waals surface area contributed by atoms with E-state index in [9.17, 15) is 0 Å². The molecule has 2 aromatic rings. The zero-order chi connectivity index (χ0) is 15.5. The van der Waals surface area contributed by atoms with Crippen LogP contribution in [0, 0.1) is 11.8 Å². The van der Waals surface area contributed by atoms with Gasteiger partial charge < -0.3 is 0 Å². The van der Waals surface area contributed by atoms with Crippen molar-refractivity contribution >= 4 is 16.7 Å². The van der Waals surface area contributed by atoms with Crippen LogP contribution in [0.4, 0.5) is 0 Å². The monoisotopic (exact) mass is 320 g/mol. The zero-order valence-corrected chi connectivity index (χ0v) is 14.3. The van der Waals surface area contributed by atoms with Gasteiger partial charge in [-0.3, -0.25) is 0 Å². The summed E-state index contributed by atoms with van der Waals surface area (Å²) in [6.07, 6.45) is 9.41. The molecule has 1 fully saturated rings. The van der Waals surface area contributed by atoms with Gasteiger partial charge >= 0.3 is 0 Å². The molecule has 0 nitrogen and oxygen atoms in total. The van der Waals surface area contributed by atoms with Crippen LogP contribution < -0.4 is 0 Å². The van der Waals surface area contributed by atoms with Gasteiger partial charge in [0.2, 0.25) is 0 Å². The van der Waals surface area contributed by atoms with E-state index in [4.69, 9.17) is 0 Å². The van der Waals surface area contributed by atoms with Crippen LogP contribution in [0.1, 0.15) is 36.8 Å². The predicted octanol–water partition coefficient (Wildman–Crippen LogP) is 6.19. The lowest BCUT2D eigenvalue weighted by Gasteiger charge is -2.40. The summed E-state index contributed by atoms with van der Waals surface area (Å²) >= 11 is 2.14. The van der Waals surface area contributed by atoms with Gasteiger partial charge in [0, 0.05) is 10.2 Å². The van der Waals surface area contributed by atoms with Gasteiger partial charge in [0.25, 0.3) is 0 Å². The Kier molecular flexibility index (Phi) is 4.57. The van der Waals surface area contributed by atoms with Gasteiger partial charge in [-0.15, -0.1) is 11.8 Å². The van der Waals surface area contributed by atoms with Crippen molar-refractivity contribution in [2.45, 2.75) is 37.4 Å². The summed E-state index contributed by atoms with van der Waals surface area (Å²) < 4.78 is 0. The van der Waals surface area contributed by atoms with Gasteiger partial charge in [-0.2, -0.15) is 0 Å². The smallest absolute Gasteiger partial charge is 0.0128 e. The largest absolute Gasteiger partial charge is 0.122 e. The summed E-state index contributed by atoms with van der Waals surface area (Å²) in [4.78, 5) is 1.51. The summed E-state index contributed by atoms with van der Waals surface area (Å²) in [5, 5.41) is 0.817. The first kappa shape index (κ1) is 15.1. The Morgan fingerprint density at radius 1 is 0.826 bits per heavy atom. The summed E-state index contributed by atoms with van der Waals surface area (Å²) in [6.45, 7) is 0. The Labute approximate surface area is 144 Å². The average Bonchev–Trinajstić information content (AvgIpc) is 2.63. The first-order chi connectivity index (χ1) is 11.4. The maximum Gasteiger partial charge on any atom is 0.0128 e. The summed E-state index contributed by atoms with van der Waals surface area (Å²) in [5.41, 5.74) is 2.89. The molecule has 2 aromatic carbocycles. The number of hydrogen-bond acceptors (Lipinski definition) is 1. The lowest BCUT2D eigenvalue weighted by Crippen LogP contribution is -2.32. The number of allylic oxidation sites excluding steroid dienone is 1. The molecule has 23 heavy (non-hydrogen) atoms. The molecule has 0 N–H and O–H groups in total. The molecule has 2 aliphatic rings. The third-order valence-corrected chi connectivity index (χ3v) is 6.83. The first-order valence-electron chi connectivity index (χ1n) is 8.88. The molecule has 1 aliphatic carbocycles. The topological polar surface area (TPSA) is 0 Å². The Balaban J connectivity index is 1.65. The van der Waals surface area contributed by atoms with Crippen molar-refractivity contribution in [1.82, 2.24) is 0 Å². The molecule has 1 heterocycles. The van der Waals surface area contributed by atoms with E-state index in [1.165, 1.54) is 48.1 Å². The molecule has 4 rings (SSSR count). The molecule has 1 heteroatoms. The van der Waals surface area contributed by atoms with Gasteiger partial charge in [0.05, 0.1) is 0 Å². The van der Waals surface area contributed by atoms with E-state index < -0.39 is 0 Å². The van der Waals surface area contributed by atoms with Crippen molar-refractivity contribution in [3.05, 3.63) is 77.9 Å². The standard InChI is InChI=1S/C22H24S/c1-3-9-17(10-4-1)15-19-16-22(18-11-5-2-6-12-18)23-21-14-8-7-13-20(19)21/h1-6,9-12,16,19-21H,7-8,13-15H2/t19-,20-,21-/m1/s1. The Hall–Kier alpha value is -1.47. The normalized spacial score (nSPS) is 27.1. The number of hydrogen-bond donors (Lipinski definition) is 0. The zero-order valence-electron chi connectivity index (χ0n) is 13.5. The molecule has 0 amide bonds. The molecule has 118 valence electrons. The van der Waals surface area contributed by atoms with Crippen LogP contribution in [0.15, 0.2) is 66.7 Å². The highest BCUT2D eigenvalue weighted by Crippen LogP contribution is 2.49. The molecule has 1 aliphatic heterocycles. The third kappa shape index (κ3) is 3.40.